The van der Waals surface area contributed by atoms with Gasteiger partial charge in [0, 0.05) is 18.6 Å². The van der Waals surface area contributed by atoms with Crippen molar-refractivity contribution in [2.24, 2.45) is 5.92 Å². The second-order valence-corrected chi connectivity index (χ2v) is 6.21. The molecule has 106 valence electrons. The van der Waals surface area contributed by atoms with E-state index in [1.54, 1.807) is 0 Å². The fourth-order valence-corrected chi connectivity index (χ4v) is 2.20. The molecule has 0 heterocycles. The Morgan fingerprint density at radius 3 is 2.44 bits per heavy atom. The molecule has 2 N–H and O–H groups in total. The molecule has 4 heteroatoms. The number of hydrogen-bond donors (Lipinski definition) is 2. The van der Waals surface area contributed by atoms with Gasteiger partial charge in [0.15, 0.2) is 0 Å². The SMILES string of the molecule is CC(C)(C)NCCNC(=O)OCC1CCCCC1. The third-order valence-electron chi connectivity index (χ3n) is 3.22. The molecule has 0 aromatic heterocycles. The van der Waals surface area contributed by atoms with Crippen LogP contribution in [-0.2, 0) is 4.74 Å². The van der Waals surface area contributed by atoms with Gasteiger partial charge in [0.1, 0.15) is 0 Å². The van der Waals surface area contributed by atoms with E-state index in [2.05, 4.69) is 31.4 Å². The topological polar surface area (TPSA) is 50.4 Å². The monoisotopic (exact) mass is 256 g/mol. The lowest BCUT2D eigenvalue weighted by Gasteiger charge is -2.22. The number of rotatable bonds is 5. The smallest absolute Gasteiger partial charge is 0.407 e. The van der Waals surface area contributed by atoms with Gasteiger partial charge in [-0.3, -0.25) is 0 Å². The number of alkyl carbamates (subject to hydrolysis) is 1. The summed E-state index contributed by atoms with van der Waals surface area (Å²) in [5.74, 6) is 0.581. The van der Waals surface area contributed by atoms with Gasteiger partial charge < -0.3 is 15.4 Å². The molecule has 1 fully saturated rings. The summed E-state index contributed by atoms with van der Waals surface area (Å²) in [6.45, 7) is 8.28. The third kappa shape index (κ3) is 7.54. The van der Waals surface area contributed by atoms with E-state index < -0.39 is 0 Å². The Morgan fingerprint density at radius 2 is 1.83 bits per heavy atom. The summed E-state index contributed by atoms with van der Waals surface area (Å²) in [4.78, 5) is 11.4. The fraction of sp³-hybridized carbons (Fsp3) is 0.929. The molecule has 1 aliphatic rings. The van der Waals surface area contributed by atoms with E-state index in [4.69, 9.17) is 4.74 Å². The molecule has 4 nitrogen and oxygen atoms in total. The van der Waals surface area contributed by atoms with Crippen molar-refractivity contribution < 1.29 is 9.53 Å². The second-order valence-electron chi connectivity index (χ2n) is 6.21. The van der Waals surface area contributed by atoms with Crippen LogP contribution in [0.3, 0.4) is 0 Å². The lowest BCUT2D eigenvalue weighted by atomic mass is 9.90. The maximum Gasteiger partial charge on any atom is 0.407 e. The molecular weight excluding hydrogens is 228 g/mol. The van der Waals surface area contributed by atoms with Crippen molar-refractivity contribution in [2.75, 3.05) is 19.7 Å². The van der Waals surface area contributed by atoms with Crippen LogP contribution >= 0.6 is 0 Å². The van der Waals surface area contributed by atoms with Gasteiger partial charge in [-0.05, 0) is 39.5 Å². The molecular formula is C14H28N2O2. The molecule has 0 aliphatic heterocycles. The lowest BCUT2D eigenvalue weighted by molar-refractivity contribution is 0.116. The largest absolute Gasteiger partial charge is 0.449 e. The molecule has 18 heavy (non-hydrogen) atoms. The van der Waals surface area contributed by atoms with Crippen LogP contribution in [0.2, 0.25) is 0 Å². The number of amides is 1. The maximum atomic E-state index is 11.4. The first kappa shape index (κ1) is 15.3. The molecule has 0 aromatic rings. The maximum absolute atomic E-state index is 11.4. The minimum atomic E-state index is -0.281. The van der Waals surface area contributed by atoms with Crippen molar-refractivity contribution in [3.8, 4) is 0 Å². The first-order valence-corrected chi connectivity index (χ1v) is 7.13. The Balaban J connectivity index is 2.00. The third-order valence-corrected chi connectivity index (χ3v) is 3.22. The van der Waals surface area contributed by atoms with Crippen molar-refractivity contribution in [1.82, 2.24) is 10.6 Å². The van der Waals surface area contributed by atoms with E-state index in [9.17, 15) is 4.79 Å². The van der Waals surface area contributed by atoms with Crippen LogP contribution in [0.1, 0.15) is 52.9 Å². The van der Waals surface area contributed by atoms with Crippen LogP contribution in [-0.4, -0.2) is 31.3 Å². The van der Waals surface area contributed by atoms with Crippen molar-refractivity contribution >= 4 is 6.09 Å². The van der Waals surface area contributed by atoms with Crippen LogP contribution in [0, 0.1) is 5.92 Å². The molecule has 0 unspecified atom stereocenters. The van der Waals surface area contributed by atoms with E-state index in [0.29, 0.717) is 19.1 Å². The van der Waals surface area contributed by atoms with Crippen molar-refractivity contribution in [3.05, 3.63) is 0 Å². The van der Waals surface area contributed by atoms with Crippen LogP contribution in [0.5, 0.6) is 0 Å². The standard InChI is InChI=1S/C14H28N2O2/c1-14(2,3)16-10-9-15-13(17)18-11-12-7-5-4-6-8-12/h12,16H,4-11H2,1-3H3,(H,15,17). The van der Waals surface area contributed by atoms with Gasteiger partial charge >= 0.3 is 6.09 Å². The summed E-state index contributed by atoms with van der Waals surface area (Å²) in [6.07, 6.45) is 6.03. The van der Waals surface area contributed by atoms with Crippen LogP contribution in [0.25, 0.3) is 0 Å². The molecule has 0 saturated heterocycles. The Kier molecular flexibility index (Phi) is 6.47. The molecule has 1 saturated carbocycles. The molecule has 1 rings (SSSR count). The predicted octanol–water partition coefficient (Wildman–Crippen LogP) is 2.68. The fourth-order valence-electron chi connectivity index (χ4n) is 2.20. The van der Waals surface area contributed by atoms with Gasteiger partial charge in [-0.2, -0.15) is 0 Å². The Bertz CT molecular complexity index is 243. The zero-order chi connectivity index (χ0) is 13.4. The van der Waals surface area contributed by atoms with Crippen molar-refractivity contribution in [3.63, 3.8) is 0 Å². The quantitative estimate of drug-likeness (QED) is 0.744. The predicted molar refractivity (Wildman–Crippen MR) is 73.7 cm³/mol. The number of carbonyl (C=O) groups is 1. The highest BCUT2D eigenvalue weighted by Gasteiger charge is 2.15. The summed E-state index contributed by atoms with van der Waals surface area (Å²) >= 11 is 0. The highest BCUT2D eigenvalue weighted by Crippen LogP contribution is 2.23. The van der Waals surface area contributed by atoms with E-state index in [-0.39, 0.29) is 11.6 Å². The van der Waals surface area contributed by atoms with Crippen molar-refractivity contribution in [1.29, 1.82) is 0 Å². The van der Waals surface area contributed by atoms with Gasteiger partial charge in [0.05, 0.1) is 6.61 Å². The first-order valence-electron chi connectivity index (χ1n) is 7.13. The lowest BCUT2D eigenvalue weighted by Crippen LogP contribution is -2.41. The van der Waals surface area contributed by atoms with Crippen LogP contribution < -0.4 is 10.6 Å². The van der Waals surface area contributed by atoms with E-state index in [1.807, 2.05) is 0 Å². The van der Waals surface area contributed by atoms with E-state index in [0.717, 1.165) is 6.54 Å². The normalized spacial score (nSPS) is 17.5. The molecule has 0 spiro atoms. The molecule has 1 amide bonds. The summed E-state index contributed by atoms with van der Waals surface area (Å²) in [7, 11) is 0. The van der Waals surface area contributed by atoms with Crippen molar-refractivity contribution in [2.45, 2.75) is 58.4 Å². The van der Waals surface area contributed by atoms with E-state index in [1.165, 1.54) is 32.1 Å². The van der Waals surface area contributed by atoms with E-state index >= 15 is 0 Å². The zero-order valence-corrected chi connectivity index (χ0v) is 12.1. The van der Waals surface area contributed by atoms with Gasteiger partial charge in [-0.15, -0.1) is 0 Å². The molecule has 0 radical (unpaired) electrons. The minimum absolute atomic E-state index is 0.0910. The molecule has 0 bridgehead atoms. The summed E-state index contributed by atoms with van der Waals surface area (Å²) in [5, 5.41) is 6.08. The number of hydrogen-bond acceptors (Lipinski definition) is 3. The Morgan fingerprint density at radius 1 is 1.17 bits per heavy atom. The Hall–Kier alpha value is -0.770. The highest BCUT2D eigenvalue weighted by molar-refractivity contribution is 5.67. The van der Waals surface area contributed by atoms with Gasteiger partial charge in [0.2, 0.25) is 0 Å². The molecule has 0 atom stereocenters. The minimum Gasteiger partial charge on any atom is -0.449 e. The number of carbonyl (C=O) groups excluding carboxylic acids is 1. The highest BCUT2D eigenvalue weighted by atomic mass is 16.5. The first-order chi connectivity index (χ1) is 8.47. The number of nitrogens with one attached hydrogen (secondary N) is 2. The van der Waals surface area contributed by atoms with Gasteiger partial charge in [-0.25, -0.2) is 4.79 Å². The Labute approximate surface area is 111 Å². The van der Waals surface area contributed by atoms with Crippen LogP contribution in [0.15, 0.2) is 0 Å². The average molecular weight is 256 g/mol. The van der Waals surface area contributed by atoms with Gasteiger partial charge in [-0.1, -0.05) is 19.3 Å². The number of ether oxygens (including phenoxy) is 1. The summed E-state index contributed by atoms with van der Waals surface area (Å²) in [6, 6.07) is 0. The summed E-state index contributed by atoms with van der Waals surface area (Å²) < 4.78 is 5.24. The molecule has 0 aromatic carbocycles. The second kappa shape index (κ2) is 7.62. The van der Waals surface area contributed by atoms with Crippen LogP contribution in [0.4, 0.5) is 4.79 Å². The molecule has 1 aliphatic carbocycles. The zero-order valence-electron chi connectivity index (χ0n) is 12.1. The van der Waals surface area contributed by atoms with Gasteiger partial charge in [0.25, 0.3) is 0 Å². The average Bonchev–Trinajstić information content (AvgIpc) is 2.32. The summed E-state index contributed by atoms with van der Waals surface area (Å²) in [5.41, 5.74) is 0.0910.